The van der Waals surface area contributed by atoms with Crippen molar-refractivity contribution in [2.75, 3.05) is 46.3 Å². The van der Waals surface area contributed by atoms with Gasteiger partial charge in [0.05, 0.1) is 27.4 Å². The molecule has 2 aromatic carbocycles. The standard InChI is InChI=1S/C21H29N3O4.HI/c1-5-27-19-12-7-16(15-20(19)26-4)24-21(22-2)23-13-6-14-28-18-10-8-17(25-3)9-11-18;/h7-12,15H,5-6,13-14H2,1-4H3,(H2,22,23,24);1H. The fourth-order valence-electron chi connectivity index (χ4n) is 2.48. The highest BCUT2D eigenvalue weighted by Crippen LogP contribution is 2.30. The molecule has 0 atom stereocenters. The Labute approximate surface area is 189 Å². The minimum absolute atomic E-state index is 0. The summed E-state index contributed by atoms with van der Waals surface area (Å²) in [6, 6.07) is 13.2. The largest absolute Gasteiger partial charge is 0.497 e. The predicted octanol–water partition coefficient (Wildman–Crippen LogP) is 4.18. The van der Waals surface area contributed by atoms with Gasteiger partial charge in [-0.2, -0.15) is 0 Å². The smallest absolute Gasteiger partial charge is 0.195 e. The van der Waals surface area contributed by atoms with Gasteiger partial charge in [-0.3, -0.25) is 4.99 Å². The van der Waals surface area contributed by atoms with Crippen molar-refractivity contribution in [1.29, 1.82) is 0 Å². The summed E-state index contributed by atoms with van der Waals surface area (Å²) >= 11 is 0. The fraction of sp³-hybridized carbons (Fsp3) is 0.381. The summed E-state index contributed by atoms with van der Waals surface area (Å²) in [4.78, 5) is 4.24. The van der Waals surface area contributed by atoms with Crippen LogP contribution < -0.4 is 29.6 Å². The van der Waals surface area contributed by atoms with Gasteiger partial charge >= 0.3 is 0 Å². The Hall–Kier alpha value is -2.36. The Morgan fingerprint density at radius 3 is 2.28 bits per heavy atom. The molecule has 0 aromatic heterocycles. The molecule has 160 valence electrons. The molecule has 0 unspecified atom stereocenters. The Balaban J connectivity index is 0.00000420. The van der Waals surface area contributed by atoms with Crippen LogP contribution in [0.15, 0.2) is 47.5 Å². The first-order valence-electron chi connectivity index (χ1n) is 9.25. The molecule has 0 saturated carbocycles. The third-order valence-electron chi connectivity index (χ3n) is 3.89. The van der Waals surface area contributed by atoms with Gasteiger partial charge in [0.2, 0.25) is 0 Å². The number of aliphatic imine (C=N–C) groups is 1. The van der Waals surface area contributed by atoms with Crippen LogP contribution in [0.3, 0.4) is 0 Å². The molecule has 7 nitrogen and oxygen atoms in total. The van der Waals surface area contributed by atoms with E-state index in [0.29, 0.717) is 30.7 Å². The van der Waals surface area contributed by atoms with Crippen LogP contribution in [0.2, 0.25) is 0 Å². The molecule has 2 aromatic rings. The summed E-state index contributed by atoms with van der Waals surface area (Å²) in [5.41, 5.74) is 0.864. The highest BCUT2D eigenvalue weighted by molar-refractivity contribution is 14.0. The lowest BCUT2D eigenvalue weighted by molar-refractivity contribution is 0.310. The van der Waals surface area contributed by atoms with E-state index in [1.54, 1.807) is 21.3 Å². The number of hydrogen-bond acceptors (Lipinski definition) is 5. The van der Waals surface area contributed by atoms with E-state index in [2.05, 4.69) is 15.6 Å². The molecule has 0 aliphatic rings. The van der Waals surface area contributed by atoms with Gasteiger partial charge in [0.25, 0.3) is 0 Å². The molecule has 0 saturated heterocycles. The van der Waals surface area contributed by atoms with Crippen LogP contribution in [0, 0.1) is 0 Å². The van der Waals surface area contributed by atoms with Gasteiger partial charge in [-0.25, -0.2) is 0 Å². The Kier molecular flexibility index (Phi) is 11.7. The average molecular weight is 515 g/mol. The summed E-state index contributed by atoms with van der Waals surface area (Å²) in [6.07, 6.45) is 0.833. The summed E-state index contributed by atoms with van der Waals surface area (Å²) in [5, 5.41) is 6.51. The molecule has 0 radical (unpaired) electrons. The van der Waals surface area contributed by atoms with Gasteiger partial charge in [-0.05, 0) is 49.7 Å². The average Bonchev–Trinajstić information content (AvgIpc) is 2.74. The molecule has 0 heterocycles. The third-order valence-corrected chi connectivity index (χ3v) is 3.89. The summed E-state index contributed by atoms with van der Waals surface area (Å²) in [7, 11) is 5.00. The third kappa shape index (κ3) is 8.26. The zero-order valence-corrected chi connectivity index (χ0v) is 19.7. The number of anilines is 1. The lowest BCUT2D eigenvalue weighted by Crippen LogP contribution is -2.32. The van der Waals surface area contributed by atoms with E-state index in [4.69, 9.17) is 18.9 Å². The maximum absolute atomic E-state index is 5.72. The van der Waals surface area contributed by atoms with Crippen molar-refractivity contribution in [1.82, 2.24) is 5.32 Å². The number of methoxy groups -OCH3 is 2. The van der Waals surface area contributed by atoms with E-state index in [-0.39, 0.29) is 24.0 Å². The molecule has 0 fully saturated rings. The number of guanidine groups is 1. The molecule has 0 amide bonds. The lowest BCUT2D eigenvalue weighted by atomic mass is 10.2. The van der Waals surface area contributed by atoms with Crippen LogP contribution in [0.1, 0.15) is 13.3 Å². The topological polar surface area (TPSA) is 73.3 Å². The van der Waals surface area contributed by atoms with E-state index in [9.17, 15) is 0 Å². The van der Waals surface area contributed by atoms with Crippen molar-refractivity contribution in [2.45, 2.75) is 13.3 Å². The lowest BCUT2D eigenvalue weighted by Gasteiger charge is -2.14. The number of halogens is 1. The molecule has 0 spiro atoms. The Bertz CT molecular complexity index is 754. The van der Waals surface area contributed by atoms with Crippen LogP contribution >= 0.6 is 24.0 Å². The van der Waals surface area contributed by atoms with Crippen LogP contribution in [0.25, 0.3) is 0 Å². The molecule has 8 heteroatoms. The molecule has 0 aliphatic heterocycles. The van der Waals surface area contributed by atoms with E-state index >= 15 is 0 Å². The molecule has 29 heavy (non-hydrogen) atoms. The Morgan fingerprint density at radius 2 is 1.66 bits per heavy atom. The Morgan fingerprint density at radius 1 is 0.931 bits per heavy atom. The zero-order valence-electron chi connectivity index (χ0n) is 17.4. The maximum Gasteiger partial charge on any atom is 0.195 e. The van der Waals surface area contributed by atoms with Crippen LogP contribution in [0.5, 0.6) is 23.0 Å². The summed E-state index contributed by atoms with van der Waals surface area (Å²) < 4.78 is 21.8. The highest BCUT2D eigenvalue weighted by Gasteiger charge is 2.07. The number of rotatable bonds is 10. The van der Waals surface area contributed by atoms with Crippen molar-refractivity contribution in [3.8, 4) is 23.0 Å². The van der Waals surface area contributed by atoms with Gasteiger partial charge in [-0.1, -0.05) is 0 Å². The first kappa shape index (κ1) is 24.7. The number of hydrogen-bond donors (Lipinski definition) is 2. The van der Waals surface area contributed by atoms with Crippen LogP contribution in [-0.2, 0) is 0 Å². The first-order chi connectivity index (χ1) is 13.7. The van der Waals surface area contributed by atoms with Gasteiger partial charge in [0, 0.05) is 25.3 Å². The predicted molar refractivity (Wildman–Crippen MR) is 128 cm³/mol. The van der Waals surface area contributed by atoms with Crippen LogP contribution in [-0.4, -0.2) is 47.0 Å². The van der Waals surface area contributed by atoms with Gasteiger partial charge in [0.15, 0.2) is 17.5 Å². The zero-order chi connectivity index (χ0) is 20.2. The molecular formula is C21H30IN3O4. The minimum Gasteiger partial charge on any atom is -0.497 e. The molecule has 0 aliphatic carbocycles. The number of ether oxygens (including phenoxy) is 4. The molecule has 2 rings (SSSR count). The monoisotopic (exact) mass is 515 g/mol. The fourth-order valence-corrected chi connectivity index (χ4v) is 2.48. The van der Waals surface area contributed by atoms with E-state index in [1.165, 1.54) is 0 Å². The normalized spacial score (nSPS) is 10.6. The van der Waals surface area contributed by atoms with Gasteiger partial charge in [-0.15, -0.1) is 24.0 Å². The van der Waals surface area contributed by atoms with E-state index in [1.807, 2.05) is 49.4 Å². The van der Waals surface area contributed by atoms with Gasteiger partial charge < -0.3 is 29.6 Å². The second kappa shape index (κ2) is 13.8. The highest BCUT2D eigenvalue weighted by atomic mass is 127. The first-order valence-corrected chi connectivity index (χ1v) is 9.25. The summed E-state index contributed by atoms with van der Waals surface area (Å²) in [6.45, 7) is 3.86. The quantitative estimate of drug-likeness (QED) is 0.214. The van der Waals surface area contributed by atoms with Gasteiger partial charge in [0.1, 0.15) is 11.5 Å². The van der Waals surface area contributed by atoms with E-state index in [0.717, 1.165) is 30.2 Å². The maximum atomic E-state index is 5.72. The van der Waals surface area contributed by atoms with Crippen molar-refractivity contribution >= 4 is 35.6 Å². The second-order valence-electron chi connectivity index (χ2n) is 5.80. The number of benzene rings is 2. The SMILES string of the molecule is CCOc1ccc(NC(=NC)NCCCOc2ccc(OC)cc2)cc1OC.I. The van der Waals surface area contributed by atoms with Crippen LogP contribution in [0.4, 0.5) is 5.69 Å². The summed E-state index contributed by atoms with van der Waals surface area (Å²) in [5.74, 6) is 3.71. The number of nitrogens with one attached hydrogen (secondary N) is 2. The molecule has 0 bridgehead atoms. The molecular weight excluding hydrogens is 485 g/mol. The minimum atomic E-state index is 0. The van der Waals surface area contributed by atoms with Crippen molar-refractivity contribution in [3.63, 3.8) is 0 Å². The van der Waals surface area contributed by atoms with Crippen molar-refractivity contribution in [3.05, 3.63) is 42.5 Å². The van der Waals surface area contributed by atoms with Crippen molar-refractivity contribution < 1.29 is 18.9 Å². The van der Waals surface area contributed by atoms with Crippen molar-refractivity contribution in [2.24, 2.45) is 4.99 Å². The second-order valence-corrected chi connectivity index (χ2v) is 5.80. The molecule has 2 N–H and O–H groups in total. The number of nitrogens with zero attached hydrogens (tertiary/aromatic N) is 1. The van der Waals surface area contributed by atoms with E-state index < -0.39 is 0 Å².